The Balaban J connectivity index is 2.45. The Morgan fingerprint density at radius 1 is 1.44 bits per heavy atom. The molecule has 2 N–H and O–H groups in total. The van der Waals surface area contributed by atoms with Crippen molar-refractivity contribution in [3.63, 3.8) is 0 Å². The minimum absolute atomic E-state index is 0.0886. The molecule has 0 saturated heterocycles. The third-order valence-corrected chi connectivity index (χ3v) is 3.82. The van der Waals surface area contributed by atoms with Gasteiger partial charge in [-0.1, -0.05) is 13.0 Å². The first-order valence-corrected chi connectivity index (χ1v) is 6.02. The number of aryl methyl sites for hydroxylation is 1. The van der Waals surface area contributed by atoms with Crippen LogP contribution >= 0.6 is 0 Å². The van der Waals surface area contributed by atoms with Crippen LogP contribution in [0, 0.1) is 18.8 Å². The van der Waals surface area contributed by atoms with Crippen LogP contribution in [0.1, 0.15) is 34.8 Å². The third-order valence-electron chi connectivity index (χ3n) is 3.82. The molecule has 4 heteroatoms. The molecule has 2 atom stereocenters. The number of carboxylic acids is 1. The van der Waals surface area contributed by atoms with Crippen molar-refractivity contribution in [3.8, 4) is 5.75 Å². The highest BCUT2D eigenvalue weighted by molar-refractivity contribution is 6.03. The molecular formula is C14H16O4. The second kappa shape index (κ2) is 4.44. The summed E-state index contributed by atoms with van der Waals surface area (Å²) in [7, 11) is 0. The molecule has 0 fully saturated rings. The minimum atomic E-state index is -0.949. The number of rotatable bonds is 2. The fourth-order valence-corrected chi connectivity index (χ4v) is 2.58. The van der Waals surface area contributed by atoms with Crippen LogP contribution in [0.4, 0.5) is 0 Å². The SMILES string of the molecule is Cc1c(O)ccc2c1C(=O)C(C(C)C(=O)O)CC2. The number of fused-ring (bicyclic) bond motifs is 1. The molecular weight excluding hydrogens is 232 g/mol. The van der Waals surface area contributed by atoms with Crippen molar-refractivity contribution >= 4 is 11.8 Å². The van der Waals surface area contributed by atoms with Gasteiger partial charge in [0.15, 0.2) is 5.78 Å². The Labute approximate surface area is 105 Å². The van der Waals surface area contributed by atoms with Crippen LogP contribution in [0.5, 0.6) is 5.75 Å². The molecule has 1 aromatic carbocycles. The van der Waals surface area contributed by atoms with Crippen molar-refractivity contribution in [1.82, 2.24) is 0 Å². The summed E-state index contributed by atoms with van der Waals surface area (Å²) in [6.45, 7) is 3.26. The largest absolute Gasteiger partial charge is 0.508 e. The number of hydrogen-bond acceptors (Lipinski definition) is 3. The summed E-state index contributed by atoms with van der Waals surface area (Å²) >= 11 is 0. The molecule has 0 spiro atoms. The fraction of sp³-hybridized carbons (Fsp3) is 0.429. The summed E-state index contributed by atoms with van der Waals surface area (Å²) < 4.78 is 0. The standard InChI is InChI=1S/C14H16O4/c1-7(14(17)18)10-5-3-9-4-6-11(15)8(2)12(9)13(10)16/h4,6-7,10,15H,3,5H2,1-2H3,(H,17,18). The summed E-state index contributed by atoms with van der Waals surface area (Å²) in [5.74, 6) is -2.19. The normalized spacial score (nSPS) is 20.3. The van der Waals surface area contributed by atoms with Gasteiger partial charge in [-0.2, -0.15) is 0 Å². The molecule has 0 heterocycles. The molecule has 2 rings (SSSR count). The van der Waals surface area contributed by atoms with Crippen molar-refractivity contribution in [1.29, 1.82) is 0 Å². The number of carboxylic acid groups (broad SMARTS) is 1. The van der Waals surface area contributed by atoms with E-state index in [4.69, 9.17) is 5.11 Å². The molecule has 18 heavy (non-hydrogen) atoms. The van der Waals surface area contributed by atoms with E-state index in [0.29, 0.717) is 24.0 Å². The Hall–Kier alpha value is -1.84. The fourth-order valence-electron chi connectivity index (χ4n) is 2.58. The number of ketones is 1. The second-order valence-corrected chi connectivity index (χ2v) is 4.88. The zero-order valence-corrected chi connectivity index (χ0v) is 10.4. The van der Waals surface area contributed by atoms with E-state index in [9.17, 15) is 14.7 Å². The number of aliphatic carboxylic acids is 1. The zero-order chi connectivity index (χ0) is 13.4. The maximum Gasteiger partial charge on any atom is 0.306 e. The number of Topliss-reactive ketones (excluding diaryl/α,β-unsaturated/α-hetero) is 1. The molecule has 1 aromatic rings. The van der Waals surface area contributed by atoms with Gasteiger partial charge in [0.2, 0.25) is 0 Å². The molecule has 1 aliphatic carbocycles. The summed E-state index contributed by atoms with van der Waals surface area (Å²) in [6, 6.07) is 3.33. The van der Waals surface area contributed by atoms with Gasteiger partial charge in [0.05, 0.1) is 5.92 Å². The molecule has 1 aliphatic rings. The number of carbonyl (C=O) groups excluding carboxylic acids is 1. The average Bonchev–Trinajstić information content (AvgIpc) is 2.33. The molecule has 0 aromatic heterocycles. The van der Waals surface area contributed by atoms with Crippen LogP contribution in [-0.2, 0) is 11.2 Å². The van der Waals surface area contributed by atoms with Gasteiger partial charge in [-0.25, -0.2) is 0 Å². The first kappa shape index (κ1) is 12.6. The zero-order valence-electron chi connectivity index (χ0n) is 10.4. The number of phenols is 1. The molecule has 2 unspecified atom stereocenters. The lowest BCUT2D eigenvalue weighted by Crippen LogP contribution is -2.32. The number of carbonyl (C=O) groups is 2. The lowest BCUT2D eigenvalue weighted by atomic mass is 9.75. The highest BCUT2D eigenvalue weighted by atomic mass is 16.4. The molecule has 0 amide bonds. The van der Waals surface area contributed by atoms with Crippen LogP contribution < -0.4 is 0 Å². The maximum absolute atomic E-state index is 12.4. The summed E-state index contributed by atoms with van der Waals surface area (Å²) in [5, 5.41) is 18.7. The van der Waals surface area contributed by atoms with Gasteiger partial charge in [0.25, 0.3) is 0 Å². The summed E-state index contributed by atoms with van der Waals surface area (Å²) in [4.78, 5) is 23.4. The highest BCUT2D eigenvalue weighted by Gasteiger charge is 2.35. The summed E-state index contributed by atoms with van der Waals surface area (Å²) in [5.41, 5.74) is 1.98. The van der Waals surface area contributed by atoms with E-state index in [1.807, 2.05) is 0 Å². The minimum Gasteiger partial charge on any atom is -0.508 e. The number of hydrogen-bond donors (Lipinski definition) is 2. The molecule has 0 saturated carbocycles. The number of aromatic hydroxyl groups is 1. The van der Waals surface area contributed by atoms with Gasteiger partial charge >= 0.3 is 5.97 Å². The van der Waals surface area contributed by atoms with E-state index in [0.717, 1.165) is 5.56 Å². The van der Waals surface area contributed by atoms with E-state index >= 15 is 0 Å². The van der Waals surface area contributed by atoms with Crippen molar-refractivity contribution < 1.29 is 19.8 Å². The van der Waals surface area contributed by atoms with Gasteiger partial charge in [-0.05, 0) is 31.4 Å². The third kappa shape index (κ3) is 1.88. The summed E-state index contributed by atoms with van der Waals surface area (Å²) in [6.07, 6.45) is 1.24. The molecule has 0 radical (unpaired) electrons. The highest BCUT2D eigenvalue weighted by Crippen LogP contribution is 2.35. The Morgan fingerprint density at radius 3 is 2.72 bits per heavy atom. The van der Waals surface area contributed by atoms with Crippen molar-refractivity contribution in [2.45, 2.75) is 26.7 Å². The molecule has 4 nitrogen and oxygen atoms in total. The number of benzene rings is 1. The predicted molar refractivity (Wildman–Crippen MR) is 65.8 cm³/mol. The van der Waals surface area contributed by atoms with E-state index in [1.54, 1.807) is 26.0 Å². The smallest absolute Gasteiger partial charge is 0.306 e. The van der Waals surface area contributed by atoms with Gasteiger partial charge < -0.3 is 10.2 Å². The quantitative estimate of drug-likeness (QED) is 0.841. The first-order chi connectivity index (χ1) is 8.43. The average molecular weight is 248 g/mol. The van der Waals surface area contributed by atoms with Gasteiger partial charge in [0.1, 0.15) is 5.75 Å². The van der Waals surface area contributed by atoms with Crippen LogP contribution in [0.25, 0.3) is 0 Å². The van der Waals surface area contributed by atoms with Crippen molar-refractivity contribution in [2.24, 2.45) is 11.8 Å². The van der Waals surface area contributed by atoms with E-state index < -0.39 is 17.8 Å². The maximum atomic E-state index is 12.4. The van der Waals surface area contributed by atoms with Crippen molar-refractivity contribution in [2.75, 3.05) is 0 Å². The van der Waals surface area contributed by atoms with Crippen LogP contribution in [0.3, 0.4) is 0 Å². The second-order valence-electron chi connectivity index (χ2n) is 4.88. The lowest BCUT2D eigenvalue weighted by molar-refractivity contribution is -0.142. The van der Waals surface area contributed by atoms with Crippen LogP contribution in [0.15, 0.2) is 12.1 Å². The van der Waals surface area contributed by atoms with Gasteiger partial charge in [-0.15, -0.1) is 0 Å². The first-order valence-electron chi connectivity index (χ1n) is 6.02. The number of phenolic OH excluding ortho intramolecular Hbond substituents is 1. The monoisotopic (exact) mass is 248 g/mol. The predicted octanol–water partition coefficient (Wildman–Crippen LogP) is 2.17. The van der Waals surface area contributed by atoms with Gasteiger partial charge in [-0.3, -0.25) is 9.59 Å². The van der Waals surface area contributed by atoms with Crippen LogP contribution in [-0.4, -0.2) is 22.0 Å². The lowest BCUT2D eigenvalue weighted by Gasteiger charge is -2.27. The Bertz CT molecular complexity index is 519. The topological polar surface area (TPSA) is 74.6 Å². The molecule has 96 valence electrons. The van der Waals surface area contributed by atoms with E-state index in [2.05, 4.69) is 0 Å². The van der Waals surface area contributed by atoms with E-state index in [-0.39, 0.29) is 11.5 Å². The Morgan fingerprint density at radius 2 is 2.11 bits per heavy atom. The van der Waals surface area contributed by atoms with E-state index in [1.165, 1.54) is 0 Å². The van der Waals surface area contributed by atoms with Gasteiger partial charge in [0, 0.05) is 17.0 Å². The molecule has 0 aliphatic heterocycles. The Kier molecular flexibility index (Phi) is 3.11. The van der Waals surface area contributed by atoms with Crippen molar-refractivity contribution in [3.05, 3.63) is 28.8 Å². The van der Waals surface area contributed by atoms with Crippen LogP contribution in [0.2, 0.25) is 0 Å². The molecule has 0 bridgehead atoms.